The van der Waals surface area contributed by atoms with Gasteiger partial charge in [0.2, 0.25) is 0 Å². The van der Waals surface area contributed by atoms with Gasteiger partial charge in [-0.25, -0.2) is 4.79 Å². The van der Waals surface area contributed by atoms with E-state index in [4.69, 9.17) is 7.85 Å². The van der Waals surface area contributed by atoms with Crippen molar-refractivity contribution >= 4 is 5.97 Å². The van der Waals surface area contributed by atoms with Crippen LogP contribution < -0.4 is 0 Å². The van der Waals surface area contributed by atoms with Crippen LogP contribution in [0.1, 0.15) is 2.74 Å². The van der Waals surface area contributed by atoms with Crippen LogP contribution >= 0.6 is 0 Å². The highest BCUT2D eigenvalue weighted by atomic mass is 16.5. The smallest absolute Gasteiger partial charge is 0.329 e. The van der Waals surface area contributed by atoms with Crippen LogP contribution in [0.3, 0.4) is 0 Å². The van der Waals surface area contributed by atoms with Crippen molar-refractivity contribution < 1.29 is 17.4 Å². The molecule has 0 aliphatic heterocycles. The van der Waals surface area contributed by atoms with Gasteiger partial charge in [-0.1, -0.05) is 0 Å². The maximum Gasteiger partial charge on any atom is 0.329 e. The van der Waals surface area contributed by atoms with Crippen LogP contribution in [0.15, 0.2) is 0 Å². The predicted molar refractivity (Wildman–Crippen MR) is 19.5 cm³/mol. The van der Waals surface area contributed by atoms with Crippen molar-refractivity contribution in [3.8, 4) is 0 Å². The van der Waals surface area contributed by atoms with Gasteiger partial charge in [-0.2, -0.15) is 0 Å². The molecule has 0 aromatic rings. The predicted octanol–water partition coefficient (Wildman–Crippen LogP) is -0.283. The SMILES string of the molecule is [2H]C([2H])OCC(=O)O. The molecule has 0 aromatic carbocycles. The second-order valence-electron chi connectivity index (χ2n) is 0.705. The molecule has 6 heavy (non-hydrogen) atoms. The number of hydrogen-bond acceptors (Lipinski definition) is 2. The summed E-state index contributed by atoms with van der Waals surface area (Å²) in [6, 6.07) is 0. The van der Waals surface area contributed by atoms with Gasteiger partial charge in [0.05, 0.1) is 2.74 Å². The molecule has 0 atom stereocenters. The first-order chi connectivity index (χ1) is 3.63. The molecule has 0 spiro atoms. The van der Waals surface area contributed by atoms with E-state index in [0.717, 1.165) is 0 Å². The molecule has 36 valence electrons. The lowest BCUT2D eigenvalue weighted by atomic mass is 10.8. The Morgan fingerprint density at radius 3 is 3.17 bits per heavy atom. The van der Waals surface area contributed by atoms with E-state index in [1.54, 1.807) is 0 Å². The standard InChI is InChI=1S/C3H6O3/c1-6-2-3(4)5/h2H2,1H3,(H,4,5)/i1D2. The van der Waals surface area contributed by atoms with Gasteiger partial charge in [-0.15, -0.1) is 0 Å². The van der Waals surface area contributed by atoms with Crippen molar-refractivity contribution in [1.29, 1.82) is 0 Å². The average Bonchev–Trinajstić information content (AvgIpc) is 1.61. The molecule has 0 aromatic heterocycles. The summed E-state index contributed by atoms with van der Waals surface area (Å²) in [5, 5.41) is 7.87. The number of rotatable bonds is 2. The summed E-state index contributed by atoms with van der Waals surface area (Å²) in [5.74, 6) is -1.16. The van der Waals surface area contributed by atoms with Crippen LogP contribution in [0.25, 0.3) is 0 Å². The number of carboxylic acids is 1. The average molecular weight is 92.1 g/mol. The van der Waals surface area contributed by atoms with Crippen LogP contribution in [0.5, 0.6) is 0 Å². The van der Waals surface area contributed by atoms with Crippen LogP contribution in [-0.2, 0) is 9.53 Å². The molecule has 0 saturated heterocycles. The number of carboxylic acid groups (broad SMARTS) is 1. The topological polar surface area (TPSA) is 46.5 Å². The first-order valence-electron chi connectivity index (χ1n) is 2.46. The second-order valence-corrected chi connectivity index (χ2v) is 0.705. The maximum absolute atomic E-state index is 9.61. The van der Waals surface area contributed by atoms with E-state index in [1.807, 2.05) is 0 Å². The molecule has 0 saturated carbocycles. The Labute approximate surface area is 38.3 Å². The zero-order chi connectivity index (χ0) is 6.57. The monoisotopic (exact) mass is 92.0 g/mol. The fourth-order valence-corrected chi connectivity index (χ4v) is 0.0713. The Morgan fingerprint density at radius 2 is 3.00 bits per heavy atom. The summed E-state index contributed by atoms with van der Waals surface area (Å²) in [5.41, 5.74) is 0. The van der Waals surface area contributed by atoms with Gasteiger partial charge >= 0.3 is 5.97 Å². The third-order valence-corrected chi connectivity index (χ3v) is 0.207. The van der Waals surface area contributed by atoms with Gasteiger partial charge in [0.25, 0.3) is 0 Å². The summed E-state index contributed by atoms with van der Waals surface area (Å²) in [6.45, 7) is -0.572. The molecule has 3 heteroatoms. The fraction of sp³-hybridized carbons (Fsp3) is 0.667. The lowest BCUT2D eigenvalue weighted by Crippen LogP contribution is -2.02. The molecule has 0 fully saturated rings. The largest absolute Gasteiger partial charge is 0.480 e. The van der Waals surface area contributed by atoms with Crippen molar-refractivity contribution in [3.05, 3.63) is 0 Å². The number of ether oxygens (including phenoxy) is 1. The van der Waals surface area contributed by atoms with Crippen LogP contribution in [0, 0.1) is 0 Å². The van der Waals surface area contributed by atoms with Crippen LogP contribution in [0.2, 0.25) is 0 Å². The number of carbonyl (C=O) groups is 1. The van der Waals surface area contributed by atoms with Gasteiger partial charge in [0, 0.05) is 7.06 Å². The Kier molecular flexibility index (Phi) is 1.14. The van der Waals surface area contributed by atoms with E-state index in [2.05, 4.69) is 4.74 Å². The summed E-state index contributed by atoms with van der Waals surface area (Å²) < 4.78 is 16.7. The molecule has 0 bridgehead atoms. The van der Waals surface area contributed by atoms with Crippen LogP contribution in [0.4, 0.5) is 0 Å². The zero-order valence-corrected chi connectivity index (χ0v) is 3.05. The van der Waals surface area contributed by atoms with E-state index in [-0.39, 0.29) is 0 Å². The Bertz CT molecular complexity index is 82.6. The highest BCUT2D eigenvalue weighted by molar-refractivity contribution is 5.67. The van der Waals surface area contributed by atoms with E-state index < -0.39 is 19.6 Å². The molecule has 0 rings (SSSR count). The normalized spacial score (nSPS) is 13.5. The lowest BCUT2D eigenvalue weighted by molar-refractivity contribution is -0.141. The van der Waals surface area contributed by atoms with Gasteiger partial charge < -0.3 is 9.84 Å². The minimum Gasteiger partial charge on any atom is -0.480 e. The minimum atomic E-state index is -1.49. The quantitative estimate of drug-likeness (QED) is 0.509. The molecule has 3 nitrogen and oxygen atoms in total. The highest BCUT2D eigenvalue weighted by Crippen LogP contribution is 1.61. The van der Waals surface area contributed by atoms with E-state index in [1.165, 1.54) is 0 Å². The first kappa shape index (κ1) is 2.58. The summed E-state index contributed by atoms with van der Waals surface area (Å²) in [6.07, 6.45) is 0. The Balaban J connectivity index is 3.05. The Hall–Kier alpha value is -0.570. The van der Waals surface area contributed by atoms with E-state index >= 15 is 0 Å². The van der Waals surface area contributed by atoms with Gasteiger partial charge in [0.1, 0.15) is 6.61 Å². The molecule has 0 amide bonds. The van der Waals surface area contributed by atoms with E-state index in [0.29, 0.717) is 0 Å². The molecule has 0 radical (unpaired) electrons. The molecule has 0 aliphatic rings. The van der Waals surface area contributed by atoms with Crippen molar-refractivity contribution in [1.82, 2.24) is 0 Å². The molecular weight excluding hydrogens is 84.0 g/mol. The molecule has 0 heterocycles. The maximum atomic E-state index is 9.61. The molecular formula is C3H6O3. The fourth-order valence-electron chi connectivity index (χ4n) is 0.0713. The van der Waals surface area contributed by atoms with Gasteiger partial charge in [0.15, 0.2) is 0 Å². The van der Waals surface area contributed by atoms with Crippen molar-refractivity contribution in [3.63, 3.8) is 0 Å². The molecule has 0 aliphatic carbocycles. The van der Waals surface area contributed by atoms with Crippen molar-refractivity contribution in [2.24, 2.45) is 0 Å². The van der Waals surface area contributed by atoms with Gasteiger partial charge in [-0.05, 0) is 0 Å². The highest BCUT2D eigenvalue weighted by Gasteiger charge is 1.87. The van der Waals surface area contributed by atoms with Gasteiger partial charge in [-0.3, -0.25) is 0 Å². The number of hydrogen-bond donors (Lipinski definition) is 1. The third kappa shape index (κ3) is 3.43. The first-order valence-corrected chi connectivity index (χ1v) is 1.31. The molecule has 0 unspecified atom stereocenters. The minimum absolute atomic E-state index is 0.572. The third-order valence-electron chi connectivity index (χ3n) is 0.207. The lowest BCUT2D eigenvalue weighted by Gasteiger charge is -1.83. The second kappa shape index (κ2) is 2.66. The number of aliphatic carboxylic acids is 1. The van der Waals surface area contributed by atoms with Crippen molar-refractivity contribution in [2.45, 2.75) is 0 Å². The molecule has 1 N–H and O–H groups in total. The zero-order valence-electron chi connectivity index (χ0n) is 5.05. The van der Waals surface area contributed by atoms with Crippen molar-refractivity contribution in [2.75, 3.05) is 13.7 Å². The summed E-state index contributed by atoms with van der Waals surface area (Å²) in [7, 11) is -1.49. The Morgan fingerprint density at radius 1 is 2.33 bits per heavy atom. The number of methoxy groups -OCH3 is 1. The summed E-state index contributed by atoms with van der Waals surface area (Å²) in [4.78, 5) is 9.61. The summed E-state index contributed by atoms with van der Waals surface area (Å²) >= 11 is 0. The van der Waals surface area contributed by atoms with Crippen LogP contribution in [-0.4, -0.2) is 24.7 Å². The van der Waals surface area contributed by atoms with E-state index in [9.17, 15) is 4.79 Å².